The highest BCUT2D eigenvalue weighted by Gasteiger charge is 2.42. The lowest BCUT2D eigenvalue weighted by Crippen LogP contribution is -2.51. The van der Waals surface area contributed by atoms with Crippen LogP contribution >= 0.6 is 0 Å². The number of methoxy groups -OCH3 is 1. The first-order chi connectivity index (χ1) is 19.7. The van der Waals surface area contributed by atoms with Gasteiger partial charge in [0.25, 0.3) is 5.91 Å². The van der Waals surface area contributed by atoms with E-state index in [1.807, 2.05) is 0 Å². The third-order valence-electron chi connectivity index (χ3n) is 7.54. The molecule has 5 rings (SSSR count). The summed E-state index contributed by atoms with van der Waals surface area (Å²) in [7, 11) is 1.34. The standard InChI is InChI=1S/C29H29F3N4O5/c1-40-28(39)22-9-5-8-21(22)27(38)36-16-14-35(15-17-36)20-12-10-19(11-13-20)33-25(37)23-24(29(30,31)32)41-26(34-23)18-6-3-2-4-7-18/h2-4,6-7,10-13,21-22H,5,8-9,14-17H2,1H3,(H,33,37)/t21-,22-/m0/s1. The maximum Gasteiger partial charge on any atom is 0.452 e. The van der Waals surface area contributed by atoms with E-state index < -0.39 is 23.5 Å². The van der Waals surface area contributed by atoms with E-state index in [-0.39, 0.29) is 29.6 Å². The van der Waals surface area contributed by atoms with Gasteiger partial charge in [0.2, 0.25) is 17.6 Å². The normalized spacial score (nSPS) is 19.2. The number of halogens is 3. The molecule has 2 amide bonds. The van der Waals surface area contributed by atoms with E-state index in [1.165, 1.54) is 19.2 Å². The first-order valence-electron chi connectivity index (χ1n) is 13.3. The number of piperazine rings is 1. The predicted octanol–water partition coefficient (Wildman–Crippen LogP) is 4.85. The molecule has 1 aromatic heterocycles. The van der Waals surface area contributed by atoms with Crippen LogP contribution in [0, 0.1) is 11.8 Å². The third-order valence-corrected chi connectivity index (χ3v) is 7.54. The SMILES string of the molecule is COC(=O)[C@H]1CCC[C@@H]1C(=O)N1CCN(c2ccc(NC(=O)c3nc(-c4ccccc4)oc3C(F)(F)F)cc2)CC1. The molecule has 2 heterocycles. The van der Waals surface area contributed by atoms with Crippen molar-refractivity contribution in [3.63, 3.8) is 0 Å². The van der Waals surface area contributed by atoms with Gasteiger partial charge in [-0.05, 0) is 49.2 Å². The molecule has 0 unspecified atom stereocenters. The number of hydrogen-bond donors (Lipinski definition) is 1. The van der Waals surface area contributed by atoms with Crippen molar-refractivity contribution in [2.45, 2.75) is 25.4 Å². The van der Waals surface area contributed by atoms with Crippen molar-refractivity contribution in [3.05, 3.63) is 66.1 Å². The lowest BCUT2D eigenvalue weighted by Gasteiger charge is -2.37. The number of carbonyl (C=O) groups is 3. The molecule has 2 aliphatic rings. The Morgan fingerprint density at radius 2 is 1.61 bits per heavy atom. The van der Waals surface area contributed by atoms with Gasteiger partial charge < -0.3 is 24.3 Å². The predicted molar refractivity (Wildman–Crippen MR) is 143 cm³/mol. The first kappa shape index (κ1) is 28.2. The monoisotopic (exact) mass is 570 g/mol. The molecule has 0 bridgehead atoms. The first-order valence-corrected chi connectivity index (χ1v) is 13.3. The van der Waals surface area contributed by atoms with Crippen LogP contribution in [0.3, 0.4) is 0 Å². The number of benzene rings is 2. The van der Waals surface area contributed by atoms with E-state index in [0.29, 0.717) is 50.3 Å². The van der Waals surface area contributed by atoms with Crippen LogP contribution in [0.25, 0.3) is 11.5 Å². The van der Waals surface area contributed by atoms with E-state index in [4.69, 9.17) is 9.15 Å². The van der Waals surface area contributed by atoms with E-state index in [0.717, 1.165) is 12.1 Å². The van der Waals surface area contributed by atoms with Gasteiger partial charge in [-0.15, -0.1) is 0 Å². The quantitative estimate of drug-likeness (QED) is 0.423. The average Bonchev–Trinajstić information content (AvgIpc) is 3.66. The second-order valence-electron chi connectivity index (χ2n) is 10.0. The number of esters is 1. The summed E-state index contributed by atoms with van der Waals surface area (Å²) < 4.78 is 50.6. The molecule has 2 fully saturated rings. The molecule has 12 heteroatoms. The lowest BCUT2D eigenvalue weighted by atomic mass is 9.94. The Bertz CT molecular complexity index is 1400. The minimum Gasteiger partial charge on any atom is -0.469 e. The summed E-state index contributed by atoms with van der Waals surface area (Å²) in [4.78, 5) is 45.6. The van der Waals surface area contributed by atoms with E-state index in [1.54, 1.807) is 47.4 Å². The zero-order chi connectivity index (χ0) is 29.1. The molecule has 41 heavy (non-hydrogen) atoms. The van der Waals surface area contributed by atoms with Gasteiger partial charge >= 0.3 is 12.1 Å². The van der Waals surface area contributed by atoms with E-state index in [2.05, 4.69) is 15.2 Å². The van der Waals surface area contributed by atoms with Gasteiger partial charge in [-0.2, -0.15) is 13.2 Å². The molecule has 0 radical (unpaired) electrons. The topological polar surface area (TPSA) is 105 Å². The van der Waals surface area contributed by atoms with E-state index in [9.17, 15) is 27.6 Å². The summed E-state index contributed by atoms with van der Waals surface area (Å²) in [5, 5.41) is 2.47. The molecule has 3 aromatic rings. The summed E-state index contributed by atoms with van der Waals surface area (Å²) in [6.07, 6.45) is -2.74. The van der Waals surface area contributed by atoms with Gasteiger partial charge in [0, 0.05) is 43.1 Å². The fourth-order valence-corrected chi connectivity index (χ4v) is 5.42. The second kappa shape index (κ2) is 11.6. The molecule has 1 N–H and O–H groups in total. The average molecular weight is 571 g/mol. The molecule has 1 saturated carbocycles. The zero-order valence-corrected chi connectivity index (χ0v) is 22.3. The highest BCUT2D eigenvalue weighted by atomic mass is 19.4. The van der Waals surface area contributed by atoms with Gasteiger partial charge in [0.05, 0.1) is 18.9 Å². The van der Waals surface area contributed by atoms with Gasteiger partial charge in [0.15, 0.2) is 5.69 Å². The molecule has 1 aliphatic carbocycles. The summed E-state index contributed by atoms with van der Waals surface area (Å²) >= 11 is 0. The number of anilines is 2. The molecule has 0 spiro atoms. The number of ether oxygens (including phenoxy) is 1. The van der Waals surface area contributed by atoms with Crippen LogP contribution in [0.2, 0.25) is 0 Å². The molecule has 1 aliphatic heterocycles. The van der Waals surface area contributed by atoms with Gasteiger partial charge in [0.1, 0.15) is 0 Å². The Hall–Kier alpha value is -4.35. The number of alkyl halides is 3. The zero-order valence-electron chi connectivity index (χ0n) is 22.3. The Morgan fingerprint density at radius 3 is 2.24 bits per heavy atom. The third kappa shape index (κ3) is 6.06. The van der Waals surface area contributed by atoms with Crippen LogP contribution in [0.15, 0.2) is 59.0 Å². The van der Waals surface area contributed by atoms with Crippen LogP contribution in [0.4, 0.5) is 24.5 Å². The van der Waals surface area contributed by atoms with Crippen LogP contribution in [0.5, 0.6) is 0 Å². The molecular weight excluding hydrogens is 541 g/mol. The number of nitrogens with one attached hydrogen (secondary N) is 1. The highest BCUT2D eigenvalue weighted by molar-refractivity contribution is 6.04. The van der Waals surface area contributed by atoms with Gasteiger partial charge in [-0.25, -0.2) is 4.98 Å². The Morgan fingerprint density at radius 1 is 0.951 bits per heavy atom. The number of oxazole rings is 1. The highest BCUT2D eigenvalue weighted by Crippen LogP contribution is 2.36. The molecule has 9 nitrogen and oxygen atoms in total. The molecule has 2 aromatic carbocycles. The number of nitrogens with zero attached hydrogens (tertiary/aromatic N) is 3. The van der Waals surface area contributed by atoms with Crippen molar-refractivity contribution < 1.29 is 36.7 Å². The van der Waals surface area contributed by atoms with Crippen LogP contribution in [-0.2, 0) is 20.5 Å². The Labute approximate surface area is 234 Å². The maximum absolute atomic E-state index is 13.6. The van der Waals surface area contributed by atoms with Crippen molar-refractivity contribution in [2.24, 2.45) is 11.8 Å². The second-order valence-corrected chi connectivity index (χ2v) is 10.0. The summed E-state index contributed by atoms with van der Waals surface area (Å²) in [6, 6.07) is 14.7. The van der Waals surface area contributed by atoms with E-state index >= 15 is 0 Å². The van der Waals surface area contributed by atoms with Crippen molar-refractivity contribution in [2.75, 3.05) is 43.5 Å². The van der Waals surface area contributed by atoms with Crippen molar-refractivity contribution in [1.29, 1.82) is 0 Å². The minimum absolute atomic E-state index is 0.0166. The smallest absolute Gasteiger partial charge is 0.452 e. The number of rotatable bonds is 6. The fraction of sp³-hybridized carbons (Fsp3) is 0.379. The van der Waals surface area contributed by atoms with Crippen molar-refractivity contribution >= 4 is 29.2 Å². The van der Waals surface area contributed by atoms with Crippen molar-refractivity contribution in [3.8, 4) is 11.5 Å². The Balaban J connectivity index is 1.21. The van der Waals surface area contributed by atoms with Crippen LogP contribution in [-0.4, -0.2) is 61.0 Å². The number of amides is 2. The van der Waals surface area contributed by atoms with Gasteiger partial charge in [-0.1, -0.05) is 24.6 Å². The van der Waals surface area contributed by atoms with Gasteiger partial charge in [-0.3, -0.25) is 14.4 Å². The summed E-state index contributed by atoms with van der Waals surface area (Å²) in [5.74, 6) is -3.89. The Kier molecular flexibility index (Phi) is 8.00. The molecule has 1 saturated heterocycles. The number of aromatic nitrogens is 1. The fourth-order valence-electron chi connectivity index (χ4n) is 5.42. The minimum atomic E-state index is -4.90. The summed E-state index contributed by atoms with van der Waals surface area (Å²) in [5.41, 5.74) is 0.597. The molecule has 216 valence electrons. The lowest BCUT2D eigenvalue weighted by molar-refractivity contribution is -0.153. The molecule has 2 atom stereocenters. The van der Waals surface area contributed by atoms with Crippen molar-refractivity contribution in [1.82, 2.24) is 9.88 Å². The largest absolute Gasteiger partial charge is 0.469 e. The number of carbonyl (C=O) groups excluding carboxylic acids is 3. The maximum atomic E-state index is 13.6. The summed E-state index contributed by atoms with van der Waals surface area (Å²) in [6.45, 7) is 2.14. The van der Waals surface area contributed by atoms with Crippen LogP contribution in [0.1, 0.15) is 35.5 Å². The number of hydrogen-bond acceptors (Lipinski definition) is 7. The van der Waals surface area contributed by atoms with Crippen LogP contribution < -0.4 is 10.2 Å². The molecular formula is C29H29F3N4O5.